The molecular formula is C9H8N4O. The molecule has 0 fully saturated rings. The number of fused-ring (bicyclic) bond motifs is 3. The number of aryl methyl sites for hydroxylation is 1. The molecule has 3 rings (SSSR count). The van der Waals surface area contributed by atoms with Crippen molar-refractivity contribution in [1.82, 2.24) is 14.5 Å². The summed E-state index contributed by atoms with van der Waals surface area (Å²) >= 11 is 0. The van der Waals surface area contributed by atoms with Crippen molar-refractivity contribution in [2.24, 2.45) is 0 Å². The van der Waals surface area contributed by atoms with Crippen LogP contribution in [0.25, 0.3) is 11.2 Å². The second kappa shape index (κ2) is 2.54. The predicted octanol–water partition coefficient (Wildman–Crippen LogP) is 0.773. The highest BCUT2D eigenvalue weighted by Crippen LogP contribution is 2.20. The van der Waals surface area contributed by atoms with E-state index in [1.807, 2.05) is 16.7 Å². The van der Waals surface area contributed by atoms with E-state index in [1.54, 1.807) is 6.20 Å². The Morgan fingerprint density at radius 2 is 2.43 bits per heavy atom. The Morgan fingerprint density at radius 3 is 3.36 bits per heavy atom. The van der Waals surface area contributed by atoms with Gasteiger partial charge in [-0.1, -0.05) is 0 Å². The van der Waals surface area contributed by atoms with Crippen molar-refractivity contribution in [2.45, 2.75) is 13.0 Å². The van der Waals surface area contributed by atoms with E-state index in [0.717, 1.165) is 11.2 Å². The van der Waals surface area contributed by atoms with Gasteiger partial charge in [0.2, 0.25) is 11.9 Å². The van der Waals surface area contributed by atoms with Gasteiger partial charge in [-0.05, 0) is 12.1 Å². The molecule has 0 saturated heterocycles. The highest BCUT2D eigenvalue weighted by molar-refractivity contribution is 5.92. The number of nitrogens with one attached hydrogen (secondary N) is 1. The third-order valence-electron chi connectivity index (χ3n) is 2.32. The van der Waals surface area contributed by atoms with Gasteiger partial charge in [0.15, 0.2) is 5.65 Å². The molecule has 0 spiro atoms. The van der Waals surface area contributed by atoms with Crippen molar-refractivity contribution in [3.63, 3.8) is 0 Å². The van der Waals surface area contributed by atoms with E-state index < -0.39 is 0 Å². The van der Waals surface area contributed by atoms with Crippen LogP contribution >= 0.6 is 0 Å². The largest absolute Gasteiger partial charge is 0.296 e. The van der Waals surface area contributed by atoms with Gasteiger partial charge < -0.3 is 0 Å². The number of hydrogen-bond acceptors (Lipinski definition) is 3. The lowest BCUT2D eigenvalue weighted by molar-refractivity contribution is -0.116. The second-order valence-electron chi connectivity index (χ2n) is 3.23. The first-order valence-electron chi connectivity index (χ1n) is 4.46. The zero-order valence-corrected chi connectivity index (χ0v) is 7.40. The summed E-state index contributed by atoms with van der Waals surface area (Å²) in [5.74, 6) is 0.628. The van der Waals surface area contributed by atoms with Crippen LogP contribution in [0.1, 0.15) is 6.42 Å². The van der Waals surface area contributed by atoms with Gasteiger partial charge in [-0.3, -0.25) is 14.7 Å². The van der Waals surface area contributed by atoms with Crippen LogP contribution in [0.15, 0.2) is 18.3 Å². The minimum absolute atomic E-state index is 0.0211. The minimum atomic E-state index is 0.0211. The summed E-state index contributed by atoms with van der Waals surface area (Å²) in [6.45, 7) is 0.661. The number of hydrogen-bond donors (Lipinski definition) is 1. The Labute approximate surface area is 79.8 Å². The van der Waals surface area contributed by atoms with Crippen LogP contribution in [0.3, 0.4) is 0 Å². The molecule has 5 nitrogen and oxygen atoms in total. The number of carbonyl (C=O) groups is 1. The summed E-state index contributed by atoms with van der Waals surface area (Å²) in [7, 11) is 0. The van der Waals surface area contributed by atoms with Crippen LogP contribution in [-0.4, -0.2) is 20.4 Å². The zero-order valence-electron chi connectivity index (χ0n) is 7.40. The maximum atomic E-state index is 11.1. The van der Waals surface area contributed by atoms with Crippen LogP contribution in [0.5, 0.6) is 0 Å². The summed E-state index contributed by atoms with van der Waals surface area (Å²) in [6, 6.07) is 3.73. The lowest BCUT2D eigenvalue weighted by Gasteiger charge is -2.13. The number of nitrogens with zero attached hydrogens (tertiary/aromatic N) is 3. The number of aromatic nitrogens is 3. The molecule has 1 aliphatic rings. The molecule has 5 heteroatoms. The molecule has 0 aromatic carbocycles. The molecule has 1 amide bonds. The van der Waals surface area contributed by atoms with E-state index in [1.165, 1.54) is 0 Å². The average Bonchev–Trinajstić information content (AvgIpc) is 2.54. The number of anilines is 1. The molecule has 0 atom stereocenters. The van der Waals surface area contributed by atoms with Crippen LogP contribution in [0.4, 0.5) is 5.95 Å². The Hall–Kier alpha value is -1.91. The average molecular weight is 188 g/mol. The lowest BCUT2D eigenvalue weighted by atomic mass is 10.3. The first-order chi connectivity index (χ1) is 6.84. The Morgan fingerprint density at radius 1 is 1.50 bits per heavy atom. The molecule has 0 bridgehead atoms. The SMILES string of the molecule is O=C1CCn2c(nc3cccnc32)N1. The molecule has 70 valence electrons. The van der Waals surface area contributed by atoms with E-state index in [-0.39, 0.29) is 5.91 Å². The Kier molecular flexibility index (Phi) is 1.36. The van der Waals surface area contributed by atoms with E-state index in [0.29, 0.717) is 18.9 Å². The van der Waals surface area contributed by atoms with E-state index in [9.17, 15) is 4.79 Å². The Bertz CT molecular complexity index is 517. The van der Waals surface area contributed by atoms with Gasteiger partial charge in [-0.15, -0.1) is 0 Å². The highest BCUT2D eigenvalue weighted by Gasteiger charge is 2.18. The smallest absolute Gasteiger partial charge is 0.228 e. The van der Waals surface area contributed by atoms with Gasteiger partial charge in [-0.2, -0.15) is 0 Å². The summed E-state index contributed by atoms with van der Waals surface area (Å²) < 4.78 is 1.93. The van der Waals surface area contributed by atoms with Crippen LogP contribution in [-0.2, 0) is 11.3 Å². The molecule has 1 aliphatic heterocycles. The summed E-state index contributed by atoms with van der Waals surface area (Å²) in [5.41, 5.74) is 1.66. The number of amides is 1. The monoisotopic (exact) mass is 188 g/mol. The van der Waals surface area contributed by atoms with Gasteiger partial charge >= 0.3 is 0 Å². The quantitative estimate of drug-likeness (QED) is 0.664. The third kappa shape index (κ3) is 0.921. The van der Waals surface area contributed by atoms with E-state index in [2.05, 4.69) is 15.3 Å². The van der Waals surface area contributed by atoms with E-state index >= 15 is 0 Å². The van der Waals surface area contributed by atoms with Gasteiger partial charge in [0, 0.05) is 19.2 Å². The number of pyridine rings is 1. The zero-order chi connectivity index (χ0) is 9.54. The van der Waals surface area contributed by atoms with Crippen molar-refractivity contribution in [3.8, 4) is 0 Å². The van der Waals surface area contributed by atoms with Crippen molar-refractivity contribution in [1.29, 1.82) is 0 Å². The molecule has 0 aliphatic carbocycles. The van der Waals surface area contributed by atoms with Crippen LogP contribution < -0.4 is 5.32 Å². The minimum Gasteiger partial charge on any atom is -0.296 e. The van der Waals surface area contributed by atoms with Crippen molar-refractivity contribution < 1.29 is 4.79 Å². The van der Waals surface area contributed by atoms with Crippen molar-refractivity contribution in [2.75, 3.05) is 5.32 Å². The first kappa shape index (κ1) is 7.49. The topological polar surface area (TPSA) is 59.8 Å². The molecule has 1 N–H and O–H groups in total. The van der Waals surface area contributed by atoms with Gasteiger partial charge in [-0.25, -0.2) is 9.97 Å². The molecule has 2 aromatic rings. The molecule has 2 aromatic heterocycles. The van der Waals surface area contributed by atoms with Crippen LogP contribution in [0, 0.1) is 0 Å². The summed E-state index contributed by atoms with van der Waals surface area (Å²) in [4.78, 5) is 19.6. The lowest BCUT2D eigenvalue weighted by Crippen LogP contribution is -2.23. The molecule has 14 heavy (non-hydrogen) atoms. The van der Waals surface area contributed by atoms with Gasteiger partial charge in [0.05, 0.1) is 0 Å². The molecule has 0 unspecified atom stereocenters. The predicted molar refractivity (Wildman–Crippen MR) is 50.8 cm³/mol. The second-order valence-corrected chi connectivity index (χ2v) is 3.23. The van der Waals surface area contributed by atoms with Crippen LogP contribution in [0.2, 0.25) is 0 Å². The standard InChI is InChI=1S/C9H8N4O/c14-7-3-5-13-8-6(2-1-4-10-8)11-9(13)12-7/h1-2,4H,3,5H2,(H,11,12,14). The fraction of sp³-hybridized carbons (Fsp3) is 0.222. The normalized spacial score (nSPS) is 15.3. The molecular weight excluding hydrogens is 180 g/mol. The molecule has 3 heterocycles. The first-order valence-corrected chi connectivity index (χ1v) is 4.46. The highest BCUT2D eigenvalue weighted by atomic mass is 16.1. The summed E-state index contributed by atoms with van der Waals surface area (Å²) in [6.07, 6.45) is 2.22. The van der Waals surface area contributed by atoms with Gasteiger partial charge in [0.25, 0.3) is 0 Å². The number of imidazole rings is 1. The maximum absolute atomic E-state index is 11.1. The molecule has 0 saturated carbocycles. The van der Waals surface area contributed by atoms with Crippen molar-refractivity contribution in [3.05, 3.63) is 18.3 Å². The Balaban J connectivity index is 2.29. The fourth-order valence-electron chi connectivity index (χ4n) is 1.67. The van der Waals surface area contributed by atoms with E-state index in [4.69, 9.17) is 0 Å². The third-order valence-corrected chi connectivity index (χ3v) is 2.32. The van der Waals surface area contributed by atoms with Gasteiger partial charge in [0.1, 0.15) is 5.52 Å². The maximum Gasteiger partial charge on any atom is 0.228 e. The van der Waals surface area contributed by atoms with Crippen molar-refractivity contribution >= 4 is 23.0 Å². The summed E-state index contributed by atoms with van der Waals surface area (Å²) in [5, 5.41) is 2.72. The number of carbonyl (C=O) groups excluding carboxylic acids is 1. The fourth-order valence-corrected chi connectivity index (χ4v) is 1.67. The number of rotatable bonds is 0. The molecule has 0 radical (unpaired) electrons.